The first-order chi connectivity index (χ1) is 14.0. The summed E-state index contributed by atoms with van der Waals surface area (Å²) >= 11 is 12.7. The average Bonchev–Trinajstić information content (AvgIpc) is 3.25. The predicted molar refractivity (Wildman–Crippen MR) is 112 cm³/mol. The normalized spacial score (nSPS) is 17.0. The summed E-state index contributed by atoms with van der Waals surface area (Å²) < 4.78 is 7.23. The van der Waals surface area contributed by atoms with E-state index in [9.17, 15) is 4.79 Å². The molecule has 9 heteroatoms. The van der Waals surface area contributed by atoms with Crippen molar-refractivity contribution in [3.05, 3.63) is 47.0 Å². The summed E-state index contributed by atoms with van der Waals surface area (Å²) in [5, 5.41) is 10.5. The third-order valence-electron chi connectivity index (χ3n) is 5.04. The summed E-state index contributed by atoms with van der Waals surface area (Å²) in [5.74, 6) is 0.0887. The number of carboxylic acids is 1. The molecule has 0 unspecified atom stereocenters. The summed E-state index contributed by atoms with van der Waals surface area (Å²) in [6, 6.07) is 5.70. The molecule has 29 heavy (non-hydrogen) atoms. The van der Waals surface area contributed by atoms with Gasteiger partial charge in [0, 0.05) is 36.9 Å². The van der Waals surface area contributed by atoms with Gasteiger partial charge in [-0.3, -0.25) is 0 Å². The van der Waals surface area contributed by atoms with Gasteiger partial charge in [0.15, 0.2) is 0 Å². The molecule has 3 aromatic rings. The molecule has 0 saturated carbocycles. The van der Waals surface area contributed by atoms with E-state index in [0.29, 0.717) is 22.2 Å². The molecular formula is C20H20Cl2N4O3. The number of hydrogen-bond donors (Lipinski definition) is 1. The monoisotopic (exact) mass is 434 g/mol. The molecular weight excluding hydrogens is 415 g/mol. The van der Waals surface area contributed by atoms with Crippen LogP contribution < -0.4 is 4.90 Å². The second kappa shape index (κ2) is 8.57. The Morgan fingerprint density at radius 2 is 2.21 bits per heavy atom. The van der Waals surface area contributed by atoms with Gasteiger partial charge in [-0.05, 0) is 30.9 Å². The molecule has 152 valence electrons. The van der Waals surface area contributed by atoms with E-state index in [1.807, 2.05) is 22.9 Å². The Bertz CT molecular complexity index is 1030. The van der Waals surface area contributed by atoms with Crippen LogP contribution in [0.25, 0.3) is 16.6 Å². The fourth-order valence-electron chi connectivity index (χ4n) is 3.70. The standard InChI is InChI=1S/C20H20Cl2N4O3/c21-15-4-3-14-16(26-7-5-23-12-26)8-17(24-20(14)19(15)22)25-6-1-2-13(9-25)10-29-11-18(27)28/h3-5,7-8,12-13H,1-2,6,9-11H2,(H,27,28)/t13-/m0/s1. The SMILES string of the molecule is O=C(O)COC[C@H]1CCCN(c2cc(-n3ccnc3)c3ccc(Cl)c(Cl)c3n2)C1. The average molecular weight is 435 g/mol. The number of benzene rings is 1. The lowest BCUT2D eigenvalue weighted by molar-refractivity contribution is -0.142. The minimum Gasteiger partial charge on any atom is -0.480 e. The van der Waals surface area contributed by atoms with Crippen LogP contribution in [0.15, 0.2) is 36.9 Å². The summed E-state index contributed by atoms with van der Waals surface area (Å²) in [5.41, 5.74) is 1.56. The van der Waals surface area contributed by atoms with Crippen molar-refractivity contribution < 1.29 is 14.6 Å². The van der Waals surface area contributed by atoms with Gasteiger partial charge < -0.3 is 19.3 Å². The number of imidazole rings is 1. The van der Waals surface area contributed by atoms with Gasteiger partial charge in [0.25, 0.3) is 0 Å². The van der Waals surface area contributed by atoms with Crippen LogP contribution in [0.5, 0.6) is 0 Å². The quantitative estimate of drug-likeness (QED) is 0.630. The highest BCUT2D eigenvalue weighted by Crippen LogP contribution is 2.35. The molecule has 2 aromatic heterocycles. The largest absolute Gasteiger partial charge is 0.480 e. The number of ether oxygens (including phenoxy) is 1. The van der Waals surface area contributed by atoms with Gasteiger partial charge in [-0.2, -0.15) is 0 Å². The summed E-state index contributed by atoms with van der Waals surface area (Å²) in [7, 11) is 0. The van der Waals surface area contributed by atoms with Crippen LogP contribution in [-0.2, 0) is 9.53 Å². The Balaban J connectivity index is 1.68. The number of pyridine rings is 1. The molecule has 1 N–H and O–H groups in total. The number of nitrogens with zero attached hydrogens (tertiary/aromatic N) is 4. The maximum absolute atomic E-state index is 10.7. The van der Waals surface area contributed by atoms with Gasteiger partial charge in [-0.15, -0.1) is 0 Å². The van der Waals surface area contributed by atoms with E-state index in [1.165, 1.54) is 0 Å². The van der Waals surface area contributed by atoms with Crippen LogP contribution in [-0.4, -0.2) is 51.9 Å². The van der Waals surface area contributed by atoms with Crippen LogP contribution in [0.2, 0.25) is 10.0 Å². The van der Waals surface area contributed by atoms with Crippen molar-refractivity contribution in [1.29, 1.82) is 0 Å². The second-order valence-corrected chi connectivity index (χ2v) is 7.88. The molecule has 0 spiro atoms. The predicted octanol–water partition coefficient (Wildman–Crippen LogP) is 4.04. The van der Waals surface area contributed by atoms with E-state index < -0.39 is 5.97 Å². The number of carbonyl (C=O) groups is 1. The summed E-state index contributed by atoms with van der Waals surface area (Å²) in [4.78, 5) is 21.8. The number of aromatic nitrogens is 3. The third kappa shape index (κ3) is 4.32. The van der Waals surface area contributed by atoms with E-state index in [-0.39, 0.29) is 12.5 Å². The number of fused-ring (bicyclic) bond motifs is 1. The molecule has 1 atom stereocenters. The maximum atomic E-state index is 10.7. The van der Waals surface area contributed by atoms with Crippen LogP contribution in [0.1, 0.15) is 12.8 Å². The molecule has 4 rings (SSSR count). The topological polar surface area (TPSA) is 80.5 Å². The zero-order valence-electron chi connectivity index (χ0n) is 15.6. The lowest BCUT2D eigenvalue weighted by atomic mass is 9.99. The Hall–Kier alpha value is -2.35. The van der Waals surface area contributed by atoms with Crippen LogP contribution in [0.4, 0.5) is 5.82 Å². The lowest BCUT2D eigenvalue weighted by Gasteiger charge is -2.34. The number of piperidine rings is 1. The van der Waals surface area contributed by atoms with Crippen LogP contribution in [0.3, 0.4) is 0 Å². The van der Waals surface area contributed by atoms with Gasteiger partial charge >= 0.3 is 5.97 Å². The molecule has 1 aliphatic heterocycles. The second-order valence-electron chi connectivity index (χ2n) is 7.09. The minimum absolute atomic E-state index is 0.243. The molecule has 1 aromatic carbocycles. The first-order valence-corrected chi connectivity index (χ1v) is 10.1. The highest BCUT2D eigenvalue weighted by atomic mass is 35.5. The maximum Gasteiger partial charge on any atom is 0.329 e. The third-order valence-corrected chi connectivity index (χ3v) is 5.84. The molecule has 7 nitrogen and oxygen atoms in total. The number of anilines is 1. The van der Waals surface area contributed by atoms with Crippen molar-refractivity contribution in [2.75, 3.05) is 31.2 Å². The number of aliphatic carboxylic acids is 1. The highest BCUT2D eigenvalue weighted by Gasteiger charge is 2.23. The lowest BCUT2D eigenvalue weighted by Crippen LogP contribution is -2.38. The molecule has 0 radical (unpaired) electrons. The smallest absolute Gasteiger partial charge is 0.329 e. The minimum atomic E-state index is -0.953. The van der Waals surface area contributed by atoms with E-state index in [2.05, 4.69) is 9.88 Å². The van der Waals surface area contributed by atoms with E-state index in [1.54, 1.807) is 18.6 Å². The highest BCUT2D eigenvalue weighted by molar-refractivity contribution is 6.45. The fourth-order valence-corrected chi connectivity index (χ4v) is 4.06. The number of hydrogen-bond acceptors (Lipinski definition) is 5. The van der Waals surface area contributed by atoms with Crippen molar-refractivity contribution in [2.45, 2.75) is 12.8 Å². The Labute approximate surface area is 177 Å². The first kappa shape index (κ1) is 19.9. The van der Waals surface area contributed by atoms with Crippen molar-refractivity contribution in [3.8, 4) is 5.69 Å². The van der Waals surface area contributed by atoms with Crippen molar-refractivity contribution in [2.24, 2.45) is 5.92 Å². The van der Waals surface area contributed by atoms with Crippen LogP contribution in [0, 0.1) is 5.92 Å². The molecule has 0 aliphatic carbocycles. The summed E-state index contributed by atoms with van der Waals surface area (Å²) in [6.07, 6.45) is 7.30. The Morgan fingerprint density at radius 3 is 2.97 bits per heavy atom. The van der Waals surface area contributed by atoms with E-state index in [0.717, 1.165) is 42.8 Å². The van der Waals surface area contributed by atoms with Crippen molar-refractivity contribution >= 4 is 45.9 Å². The molecule has 1 saturated heterocycles. The number of rotatable bonds is 6. The molecule has 3 heterocycles. The van der Waals surface area contributed by atoms with Gasteiger partial charge in [0.05, 0.1) is 34.2 Å². The van der Waals surface area contributed by atoms with Crippen LogP contribution >= 0.6 is 23.2 Å². The van der Waals surface area contributed by atoms with Crippen molar-refractivity contribution in [1.82, 2.24) is 14.5 Å². The molecule has 1 fully saturated rings. The molecule has 0 bridgehead atoms. The van der Waals surface area contributed by atoms with Gasteiger partial charge in [0.1, 0.15) is 12.4 Å². The van der Waals surface area contributed by atoms with Gasteiger partial charge in [0.2, 0.25) is 0 Å². The van der Waals surface area contributed by atoms with Gasteiger partial charge in [-0.25, -0.2) is 14.8 Å². The number of carboxylic acid groups (broad SMARTS) is 1. The first-order valence-electron chi connectivity index (χ1n) is 9.34. The zero-order chi connectivity index (χ0) is 20.4. The van der Waals surface area contributed by atoms with Crippen molar-refractivity contribution in [3.63, 3.8) is 0 Å². The fraction of sp³-hybridized carbons (Fsp3) is 0.350. The van der Waals surface area contributed by atoms with E-state index >= 15 is 0 Å². The van der Waals surface area contributed by atoms with E-state index in [4.69, 9.17) is 38.0 Å². The van der Waals surface area contributed by atoms with Gasteiger partial charge in [-0.1, -0.05) is 23.2 Å². The Kier molecular flexibility index (Phi) is 5.89. The molecule has 0 amide bonds. The Morgan fingerprint density at radius 1 is 1.34 bits per heavy atom. The zero-order valence-corrected chi connectivity index (χ0v) is 17.1. The number of halogens is 2. The molecule has 1 aliphatic rings. The summed E-state index contributed by atoms with van der Waals surface area (Å²) in [6.45, 7) is 1.73.